The normalized spacial score (nSPS) is 27.9. The van der Waals surface area contributed by atoms with Crippen molar-refractivity contribution in [3.63, 3.8) is 0 Å². The van der Waals surface area contributed by atoms with Crippen molar-refractivity contribution in [1.29, 1.82) is 0 Å². The topological polar surface area (TPSA) is 40.5 Å². The zero-order chi connectivity index (χ0) is 17.4. The maximum Gasteiger partial charge on any atom is 0.233 e. The highest BCUT2D eigenvalue weighted by Gasteiger charge is 2.48. The summed E-state index contributed by atoms with van der Waals surface area (Å²) in [7, 11) is 0. The van der Waals surface area contributed by atoms with Gasteiger partial charge in [-0.3, -0.25) is 4.79 Å². The highest BCUT2D eigenvalue weighted by atomic mass is 16.3. The molecule has 0 bridgehead atoms. The van der Waals surface area contributed by atoms with E-state index >= 15 is 0 Å². The van der Waals surface area contributed by atoms with E-state index in [2.05, 4.69) is 45.0 Å². The Morgan fingerprint density at radius 1 is 1.12 bits per heavy atom. The van der Waals surface area contributed by atoms with Gasteiger partial charge in [-0.1, -0.05) is 32.9 Å². The molecular formula is C21H31NO2. The van der Waals surface area contributed by atoms with Gasteiger partial charge in [-0.25, -0.2) is 0 Å². The number of amides is 1. The summed E-state index contributed by atoms with van der Waals surface area (Å²) in [5, 5.41) is 9.12. The zero-order valence-corrected chi connectivity index (χ0v) is 15.3. The molecule has 2 aliphatic rings. The Hall–Kier alpha value is -1.35. The van der Waals surface area contributed by atoms with Gasteiger partial charge in [0.2, 0.25) is 5.91 Å². The molecular weight excluding hydrogens is 298 g/mol. The lowest BCUT2D eigenvalue weighted by Crippen LogP contribution is -2.37. The number of carbonyl (C=O) groups excluding carboxylic acids is 1. The smallest absolute Gasteiger partial charge is 0.233 e. The largest absolute Gasteiger partial charge is 0.396 e. The third-order valence-electron chi connectivity index (χ3n) is 6.16. The summed E-state index contributed by atoms with van der Waals surface area (Å²) >= 11 is 0. The van der Waals surface area contributed by atoms with Crippen LogP contribution in [0.15, 0.2) is 24.3 Å². The molecule has 1 N–H and O–H groups in total. The Balaban J connectivity index is 1.70. The first-order valence-corrected chi connectivity index (χ1v) is 9.39. The molecule has 1 aliphatic heterocycles. The summed E-state index contributed by atoms with van der Waals surface area (Å²) in [5.74, 6) is 0.932. The lowest BCUT2D eigenvalue weighted by molar-refractivity contribution is -0.127. The predicted molar refractivity (Wildman–Crippen MR) is 98.2 cm³/mol. The fourth-order valence-corrected chi connectivity index (χ4v) is 4.37. The van der Waals surface area contributed by atoms with E-state index in [1.807, 2.05) is 4.90 Å². The van der Waals surface area contributed by atoms with Crippen molar-refractivity contribution >= 4 is 11.6 Å². The molecule has 1 amide bonds. The molecule has 1 aliphatic carbocycles. The van der Waals surface area contributed by atoms with E-state index in [4.69, 9.17) is 5.11 Å². The van der Waals surface area contributed by atoms with E-state index in [0.29, 0.717) is 11.8 Å². The molecule has 0 atom stereocenters. The molecule has 1 saturated heterocycles. The minimum absolute atomic E-state index is 0.130. The van der Waals surface area contributed by atoms with Crippen molar-refractivity contribution in [3.05, 3.63) is 29.8 Å². The Morgan fingerprint density at radius 3 is 2.29 bits per heavy atom. The molecule has 0 aromatic heterocycles. The van der Waals surface area contributed by atoms with Crippen molar-refractivity contribution in [3.8, 4) is 0 Å². The molecule has 3 rings (SSSR count). The monoisotopic (exact) mass is 329 g/mol. The number of rotatable bonds is 3. The minimum Gasteiger partial charge on any atom is -0.396 e. The molecule has 2 fully saturated rings. The van der Waals surface area contributed by atoms with E-state index in [9.17, 15) is 4.79 Å². The summed E-state index contributed by atoms with van der Waals surface area (Å²) in [6.45, 7) is 7.75. The van der Waals surface area contributed by atoms with Crippen LogP contribution in [-0.2, 0) is 10.2 Å². The van der Waals surface area contributed by atoms with Gasteiger partial charge in [0, 0.05) is 18.8 Å². The molecule has 0 radical (unpaired) electrons. The van der Waals surface area contributed by atoms with Crippen LogP contribution >= 0.6 is 0 Å². The average Bonchev–Trinajstić information content (AvgIpc) is 2.86. The third kappa shape index (κ3) is 3.23. The van der Waals surface area contributed by atoms with Gasteiger partial charge in [-0.2, -0.15) is 0 Å². The van der Waals surface area contributed by atoms with Gasteiger partial charge in [-0.05, 0) is 67.6 Å². The fourth-order valence-electron chi connectivity index (χ4n) is 4.37. The van der Waals surface area contributed by atoms with Crippen molar-refractivity contribution in [2.24, 2.45) is 11.3 Å². The Kier molecular flexibility index (Phi) is 4.74. The summed E-state index contributed by atoms with van der Waals surface area (Å²) in [4.78, 5) is 15.1. The van der Waals surface area contributed by atoms with Crippen LogP contribution in [0.5, 0.6) is 0 Å². The van der Waals surface area contributed by atoms with E-state index in [0.717, 1.165) is 50.8 Å². The SMILES string of the molecule is CC(C)(C)c1ccc(N2CCC3(CCC(CCO)CC3)C2=O)cc1. The van der Waals surface area contributed by atoms with Crippen LogP contribution in [0.3, 0.4) is 0 Å². The number of anilines is 1. The highest BCUT2D eigenvalue weighted by Crippen LogP contribution is 2.48. The second kappa shape index (κ2) is 6.51. The maximum absolute atomic E-state index is 13.1. The minimum atomic E-state index is -0.130. The van der Waals surface area contributed by atoms with Gasteiger partial charge in [-0.15, -0.1) is 0 Å². The molecule has 1 heterocycles. The van der Waals surface area contributed by atoms with Gasteiger partial charge >= 0.3 is 0 Å². The Labute approximate surface area is 146 Å². The van der Waals surface area contributed by atoms with Crippen LogP contribution in [0.25, 0.3) is 0 Å². The number of aliphatic hydroxyl groups is 1. The molecule has 132 valence electrons. The number of benzene rings is 1. The van der Waals surface area contributed by atoms with E-state index in [1.165, 1.54) is 5.56 Å². The average molecular weight is 329 g/mol. The van der Waals surface area contributed by atoms with E-state index < -0.39 is 0 Å². The first kappa shape index (κ1) is 17.5. The summed E-state index contributed by atoms with van der Waals surface area (Å²) in [6.07, 6.45) is 6.04. The molecule has 24 heavy (non-hydrogen) atoms. The number of hydrogen-bond acceptors (Lipinski definition) is 2. The quantitative estimate of drug-likeness (QED) is 0.899. The number of carbonyl (C=O) groups is 1. The van der Waals surface area contributed by atoms with Gasteiger partial charge in [0.1, 0.15) is 0 Å². The highest BCUT2D eigenvalue weighted by molar-refractivity contribution is 5.99. The van der Waals surface area contributed by atoms with Gasteiger partial charge < -0.3 is 10.0 Å². The Bertz CT molecular complexity index is 577. The molecule has 3 heteroatoms. The molecule has 1 aromatic rings. The van der Waals surface area contributed by atoms with E-state index in [-0.39, 0.29) is 17.4 Å². The summed E-state index contributed by atoms with van der Waals surface area (Å²) in [5.41, 5.74) is 2.36. The standard InChI is InChI=1S/C21H31NO2/c1-20(2,3)17-4-6-18(7-5-17)22-14-13-21(19(22)24)11-8-16(9-12-21)10-15-23/h4-7,16,23H,8-15H2,1-3H3. The first-order valence-electron chi connectivity index (χ1n) is 9.39. The third-order valence-corrected chi connectivity index (χ3v) is 6.16. The summed E-state index contributed by atoms with van der Waals surface area (Å²) < 4.78 is 0. The van der Waals surface area contributed by atoms with Gasteiger partial charge in [0.05, 0.1) is 5.41 Å². The molecule has 3 nitrogen and oxygen atoms in total. The lowest BCUT2D eigenvalue weighted by atomic mass is 9.69. The van der Waals surface area contributed by atoms with E-state index in [1.54, 1.807) is 0 Å². The lowest BCUT2D eigenvalue weighted by Gasteiger charge is -2.35. The van der Waals surface area contributed by atoms with Crippen LogP contribution in [0.2, 0.25) is 0 Å². The molecule has 0 unspecified atom stereocenters. The molecule has 1 spiro atoms. The van der Waals surface area contributed by atoms with Crippen LogP contribution < -0.4 is 4.90 Å². The number of aliphatic hydroxyl groups excluding tert-OH is 1. The van der Waals surface area contributed by atoms with Crippen molar-refractivity contribution in [1.82, 2.24) is 0 Å². The zero-order valence-electron chi connectivity index (χ0n) is 15.3. The van der Waals surface area contributed by atoms with Gasteiger partial charge in [0.25, 0.3) is 0 Å². The second-order valence-corrected chi connectivity index (χ2v) is 8.74. The number of hydrogen-bond donors (Lipinski definition) is 1. The fraction of sp³-hybridized carbons (Fsp3) is 0.667. The molecule has 1 aromatic carbocycles. The van der Waals surface area contributed by atoms with Gasteiger partial charge in [0.15, 0.2) is 0 Å². The van der Waals surface area contributed by atoms with Crippen molar-refractivity contribution in [2.75, 3.05) is 18.1 Å². The van der Waals surface area contributed by atoms with Crippen LogP contribution in [0, 0.1) is 11.3 Å². The van der Waals surface area contributed by atoms with Crippen LogP contribution in [0.1, 0.15) is 64.9 Å². The Morgan fingerprint density at radius 2 is 1.75 bits per heavy atom. The predicted octanol–water partition coefficient (Wildman–Crippen LogP) is 4.28. The number of nitrogens with zero attached hydrogens (tertiary/aromatic N) is 1. The first-order chi connectivity index (χ1) is 11.4. The second-order valence-electron chi connectivity index (χ2n) is 8.74. The maximum atomic E-state index is 13.1. The summed E-state index contributed by atoms with van der Waals surface area (Å²) in [6, 6.07) is 8.53. The van der Waals surface area contributed by atoms with Crippen molar-refractivity contribution < 1.29 is 9.90 Å². The molecule has 1 saturated carbocycles. The van der Waals surface area contributed by atoms with Crippen LogP contribution in [-0.4, -0.2) is 24.2 Å². The van der Waals surface area contributed by atoms with Crippen molar-refractivity contribution in [2.45, 2.75) is 64.7 Å². The van der Waals surface area contributed by atoms with Crippen LogP contribution in [0.4, 0.5) is 5.69 Å².